The molecule has 2 aliphatic rings. The molecule has 3 rings (SSSR count). The normalized spacial score (nSPS) is 30.2. The number of amides is 1. The van der Waals surface area contributed by atoms with Crippen molar-refractivity contribution < 1.29 is 4.79 Å². The predicted molar refractivity (Wildman–Crippen MR) is 68.5 cm³/mol. The molecule has 0 radical (unpaired) electrons. The fraction of sp³-hybridized carbons (Fsp3) is 0.462. The molecule has 3 unspecified atom stereocenters. The average Bonchev–Trinajstić information content (AvgIpc) is 2.77. The van der Waals surface area contributed by atoms with Crippen molar-refractivity contribution in [1.29, 1.82) is 0 Å². The van der Waals surface area contributed by atoms with Gasteiger partial charge in [-0.15, -0.1) is 0 Å². The molecule has 1 aromatic carbocycles. The van der Waals surface area contributed by atoms with Crippen LogP contribution in [0.5, 0.6) is 0 Å². The Morgan fingerprint density at radius 2 is 2.11 bits per heavy atom. The molecule has 5 nitrogen and oxygen atoms in total. The highest BCUT2D eigenvalue weighted by Crippen LogP contribution is 2.35. The zero-order valence-electron chi connectivity index (χ0n) is 10.4. The number of nitrogens with zero attached hydrogens (tertiary/aromatic N) is 1. The number of carbonyl (C=O) groups excluding carboxylic acids is 1. The van der Waals surface area contributed by atoms with Crippen molar-refractivity contribution in [3.63, 3.8) is 0 Å². The number of nitrogens with two attached hydrogens (primary N) is 1. The quantitative estimate of drug-likeness (QED) is 0.704. The monoisotopic (exact) mass is 246 g/mol. The van der Waals surface area contributed by atoms with E-state index in [1.54, 1.807) is 0 Å². The first kappa shape index (κ1) is 11.6. The average molecular weight is 246 g/mol. The van der Waals surface area contributed by atoms with Crippen molar-refractivity contribution in [2.45, 2.75) is 31.6 Å². The molecule has 1 saturated heterocycles. The van der Waals surface area contributed by atoms with E-state index in [9.17, 15) is 4.79 Å². The van der Waals surface area contributed by atoms with E-state index in [1.807, 2.05) is 29.2 Å². The van der Waals surface area contributed by atoms with Gasteiger partial charge in [0.2, 0.25) is 0 Å². The summed E-state index contributed by atoms with van der Waals surface area (Å²) in [5.74, 6) is 0.211. The van der Waals surface area contributed by atoms with E-state index in [4.69, 9.17) is 5.73 Å². The number of nitrogens with one attached hydrogen (secondary N) is 2. The van der Waals surface area contributed by atoms with Gasteiger partial charge in [0, 0.05) is 18.0 Å². The summed E-state index contributed by atoms with van der Waals surface area (Å²) in [7, 11) is 0. The minimum Gasteiger partial charge on any atom is -0.321 e. The van der Waals surface area contributed by atoms with Gasteiger partial charge in [-0.25, -0.2) is 10.9 Å². The van der Waals surface area contributed by atoms with Crippen LogP contribution in [0.2, 0.25) is 0 Å². The molecular formula is C13H18N4O. The smallest absolute Gasteiger partial charge is 0.255 e. The first-order valence-corrected chi connectivity index (χ1v) is 6.40. The summed E-state index contributed by atoms with van der Waals surface area (Å²) in [6.07, 6.45) is 0.736. The van der Waals surface area contributed by atoms with Crippen LogP contribution in [0.1, 0.15) is 35.2 Å². The molecule has 5 heteroatoms. The molecule has 0 bridgehead atoms. The van der Waals surface area contributed by atoms with Crippen LogP contribution in [0.15, 0.2) is 24.3 Å². The van der Waals surface area contributed by atoms with Crippen molar-refractivity contribution in [2.24, 2.45) is 5.73 Å². The standard InChI is InChI=1S/C13H18N4O/c1-2-7-17-12-10(11(14)15-16-12)8-5-3-4-6-9(8)13(17)18/h3-6,10-12,15-16H,2,7,14H2,1H3. The van der Waals surface area contributed by atoms with Crippen molar-refractivity contribution in [3.05, 3.63) is 35.4 Å². The van der Waals surface area contributed by atoms with Crippen LogP contribution >= 0.6 is 0 Å². The van der Waals surface area contributed by atoms with Gasteiger partial charge in [0.05, 0.1) is 6.17 Å². The molecule has 0 aliphatic carbocycles. The Labute approximate surface area is 106 Å². The van der Waals surface area contributed by atoms with Gasteiger partial charge in [0.15, 0.2) is 0 Å². The van der Waals surface area contributed by atoms with Crippen LogP contribution < -0.4 is 16.6 Å². The molecule has 2 heterocycles. The van der Waals surface area contributed by atoms with E-state index in [0.717, 1.165) is 24.1 Å². The summed E-state index contributed by atoms with van der Waals surface area (Å²) < 4.78 is 0. The molecule has 18 heavy (non-hydrogen) atoms. The Morgan fingerprint density at radius 3 is 2.89 bits per heavy atom. The molecule has 1 fully saturated rings. The van der Waals surface area contributed by atoms with Crippen LogP contribution in [0.4, 0.5) is 0 Å². The van der Waals surface area contributed by atoms with Gasteiger partial charge in [-0.1, -0.05) is 25.1 Å². The summed E-state index contributed by atoms with van der Waals surface area (Å²) in [4.78, 5) is 14.4. The van der Waals surface area contributed by atoms with Crippen LogP contribution in [0, 0.1) is 0 Å². The Bertz CT molecular complexity index is 476. The lowest BCUT2D eigenvalue weighted by Gasteiger charge is -2.38. The molecular weight excluding hydrogens is 228 g/mol. The largest absolute Gasteiger partial charge is 0.321 e. The van der Waals surface area contributed by atoms with E-state index >= 15 is 0 Å². The SMILES string of the molecule is CCCN1C(=O)c2ccccc2C2C(N)NNC21. The van der Waals surface area contributed by atoms with E-state index in [2.05, 4.69) is 17.8 Å². The number of carbonyl (C=O) groups is 1. The third-order valence-electron chi connectivity index (χ3n) is 3.74. The van der Waals surface area contributed by atoms with E-state index in [0.29, 0.717) is 0 Å². The fourth-order valence-electron chi connectivity index (χ4n) is 2.94. The molecule has 3 atom stereocenters. The first-order chi connectivity index (χ1) is 8.74. The van der Waals surface area contributed by atoms with Crippen molar-refractivity contribution in [3.8, 4) is 0 Å². The zero-order valence-corrected chi connectivity index (χ0v) is 10.4. The number of hydrogen-bond acceptors (Lipinski definition) is 4. The summed E-state index contributed by atoms with van der Waals surface area (Å²) >= 11 is 0. The molecule has 0 saturated carbocycles. The number of hydrogen-bond donors (Lipinski definition) is 3. The maximum Gasteiger partial charge on any atom is 0.255 e. The third-order valence-corrected chi connectivity index (χ3v) is 3.74. The van der Waals surface area contributed by atoms with E-state index in [-0.39, 0.29) is 24.2 Å². The fourth-order valence-corrected chi connectivity index (χ4v) is 2.94. The lowest BCUT2D eigenvalue weighted by molar-refractivity contribution is 0.0601. The van der Waals surface area contributed by atoms with Crippen LogP contribution in [-0.4, -0.2) is 29.7 Å². The van der Waals surface area contributed by atoms with Crippen LogP contribution in [0.25, 0.3) is 0 Å². The van der Waals surface area contributed by atoms with Crippen LogP contribution in [0.3, 0.4) is 0 Å². The highest BCUT2D eigenvalue weighted by atomic mass is 16.2. The highest BCUT2D eigenvalue weighted by Gasteiger charge is 2.45. The zero-order chi connectivity index (χ0) is 12.7. The molecule has 1 aromatic rings. The number of benzene rings is 1. The van der Waals surface area contributed by atoms with Crippen molar-refractivity contribution >= 4 is 5.91 Å². The molecule has 1 amide bonds. The number of fused-ring (bicyclic) bond motifs is 3. The summed E-state index contributed by atoms with van der Waals surface area (Å²) in [5.41, 5.74) is 14.1. The van der Waals surface area contributed by atoms with Crippen molar-refractivity contribution in [2.75, 3.05) is 6.54 Å². The molecule has 4 N–H and O–H groups in total. The summed E-state index contributed by atoms with van der Waals surface area (Å²) in [6.45, 7) is 2.82. The lowest BCUT2D eigenvalue weighted by Crippen LogP contribution is -2.53. The van der Waals surface area contributed by atoms with Gasteiger partial charge in [0.1, 0.15) is 6.17 Å². The second-order valence-corrected chi connectivity index (χ2v) is 4.87. The van der Waals surface area contributed by atoms with E-state index < -0.39 is 0 Å². The second-order valence-electron chi connectivity index (χ2n) is 4.87. The van der Waals surface area contributed by atoms with Gasteiger partial charge in [-0.2, -0.15) is 0 Å². The Balaban J connectivity index is 2.08. The third kappa shape index (κ3) is 1.55. The predicted octanol–water partition coefficient (Wildman–Crippen LogP) is 0.355. The maximum atomic E-state index is 12.5. The van der Waals surface area contributed by atoms with Gasteiger partial charge in [-0.3, -0.25) is 4.79 Å². The minimum atomic E-state index is -0.163. The van der Waals surface area contributed by atoms with Gasteiger partial charge in [0.25, 0.3) is 5.91 Å². The molecule has 2 aliphatic heterocycles. The van der Waals surface area contributed by atoms with Gasteiger partial charge >= 0.3 is 0 Å². The Morgan fingerprint density at radius 1 is 1.33 bits per heavy atom. The van der Waals surface area contributed by atoms with Crippen LogP contribution in [-0.2, 0) is 0 Å². The number of rotatable bonds is 2. The van der Waals surface area contributed by atoms with E-state index in [1.165, 1.54) is 0 Å². The second kappa shape index (κ2) is 4.35. The topological polar surface area (TPSA) is 70.4 Å². The maximum absolute atomic E-state index is 12.5. The van der Waals surface area contributed by atoms with Gasteiger partial charge < -0.3 is 10.6 Å². The minimum absolute atomic E-state index is 0.0395. The lowest BCUT2D eigenvalue weighted by atomic mass is 9.86. The van der Waals surface area contributed by atoms with Gasteiger partial charge in [-0.05, 0) is 18.1 Å². The molecule has 0 aromatic heterocycles. The Hall–Kier alpha value is -1.43. The summed E-state index contributed by atoms with van der Waals surface area (Å²) in [6, 6.07) is 7.76. The molecule has 0 spiro atoms. The first-order valence-electron chi connectivity index (χ1n) is 6.40. The Kier molecular flexibility index (Phi) is 2.81. The number of hydrazine groups is 1. The molecule has 96 valence electrons. The highest BCUT2D eigenvalue weighted by molar-refractivity contribution is 5.97. The van der Waals surface area contributed by atoms with Crippen molar-refractivity contribution in [1.82, 2.24) is 15.8 Å². The summed E-state index contributed by atoms with van der Waals surface area (Å²) in [5, 5.41) is 0.